The summed E-state index contributed by atoms with van der Waals surface area (Å²) < 4.78 is 10.8. The number of rotatable bonds is 9. The van der Waals surface area contributed by atoms with Gasteiger partial charge < -0.3 is 19.9 Å². The van der Waals surface area contributed by atoms with Gasteiger partial charge in [0.1, 0.15) is 6.61 Å². The number of hydrogen-bond donors (Lipinski definition) is 2. The number of benzene rings is 1. The summed E-state index contributed by atoms with van der Waals surface area (Å²) in [5, 5.41) is 12.6. The molecule has 0 aliphatic rings. The van der Waals surface area contributed by atoms with Crippen molar-refractivity contribution in [2.24, 2.45) is 0 Å². The minimum atomic E-state index is -0.201. The van der Waals surface area contributed by atoms with Gasteiger partial charge in [-0.2, -0.15) is 0 Å². The Balaban J connectivity index is 2.14. The van der Waals surface area contributed by atoms with Crippen LogP contribution in [0.3, 0.4) is 0 Å². The van der Waals surface area contributed by atoms with E-state index in [0.717, 1.165) is 37.4 Å². The van der Waals surface area contributed by atoms with Crippen LogP contribution in [0.5, 0.6) is 11.5 Å². The van der Waals surface area contributed by atoms with Crippen LogP contribution in [-0.4, -0.2) is 38.0 Å². The average Bonchev–Trinajstić information content (AvgIpc) is 2.42. The van der Waals surface area contributed by atoms with Crippen molar-refractivity contribution in [2.75, 3.05) is 26.8 Å². The van der Waals surface area contributed by atoms with Crippen LogP contribution in [0.15, 0.2) is 24.3 Å². The average molecular weight is 253 g/mol. The monoisotopic (exact) mass is 253 g/mol. The van der Waals surface area contributed by atoms with E-state index in [4.69, 9.17) is 9.47 Å². The van der Waals surface area contributed by atoms with Crippen LogP contribution in [0.1, 0.15) is 19.8 Å². The fraction of sp³-hybridized carbons (Fsp3) is 0.571. The Morgan fingerprint density at radius 3 is 2.61 bits per heavy atom. The van der Waals surface area contributed by atoms with Crippen LogP contribution >= 0.6 is 0 Å². The molecule has 0 aliphatic carbocycles. The van der Waals surface area contributed by atoms with Crippen molar-refractivity contribution in [1.82, 2.24) is 5.32 Å². The van der Waals surface area contributed by atoms with Gasteiger partial charge in [-0.25, -0.2) is 0 Å². The number of ether oxygens (including phenoxy) is 2. The molecule has 18 heavy (non-hydrogen) atoms. The minimum Gasteiger partial charge on any atom is -0.493 e. The van der Waals surface area contributed by atoms with Crippen LogP contribution in [-0.2, 0) is 0 Å². The van der Waals surface area contributed by atoms with E-state index in [2.05, 4.69) is 5.32 Å². The Labute approximate surface area is 109 Å². The normalized spacial score (nSPS) is 12.2. The van der Waals surface area contributed by atoms with Crippen molar-refractivity contribution in [1.29, 1.82) is 0 Å². The summed E-state index contributed by atoms with van der Waals surface area (Å²) in [6.07, 6.45) is 1.39. The Hall–Kier alpha value is -1.26. The van der Waals surface area contributed by atoms with Crippen molar-refractivity contribution >= 4 is 0 Å². The van der Waals surface area contributed by atoms with Gasteiger partial charge in [-0.1, -0.05) is 19.1 Å². The number of aliphatic hydroxyl groups excluding tert-OH is 1. The van der Waals surface area contributed by atoms with E-state index >= 15 is 0 Å². The summed E-state index contributed by atoms with van der Waals surface area (Å²) in [6.45, 7) is 4.14. The van der Waals surface area contributed by atoms with E-state index in [1.165, 1.54) is 0 Å². The van der Waals surface area contributed by atoms with Gasteiger partial charge in [-0.3, -0.25) is 0 Å². The predicted molar refractivity (Wildman–Crippen MR) is 72.3 cm³/mol. The molecular formula is C14H23NO3. The van der Waals surface area contributed by atoms with E-state index in [9.17, 15) is 5.11 Å². The Kier molecular flexibility index (Phi) is 7.22. The number of hydrogen-bond acceptors (Lipinski definition) is 4. The van der Waals surface area contributed by atoms with Gasteiger partial charge in [0.25, 0.3) is 0 Å². The fourth-order valence-electron chi connectivity index (χ4n) is 1.57. The summed E-state index contributed by atoms with van der Waals surface area (Å²) in [5.41, 5.74) is 0. The zero-order valence-corrected chi connectivity index (χ0v) is 11.2. The lowest BCUT2D eigenvalue weighted by atomic mass is 10.2. The molecule has 1 aromatic carbocycles. The van der Waals surface area contributed by atoms with Gasteiger partial charge in [0.15, 0.2) is 11.5 Å². The smallest absolute Gasteiger partial charge is 0.161 e. The van der Waals surface area contributed by atoms with E-state index in [1.54, 1.807) is 7.11 Å². The van der Waals surface area contributed by atoms with Gasteiger partial charge in [-0.15, -0.1) is 0 Å². The number of nitrogens with one attached hydrogen (secondary N) is 1. The molecule has 1 aromatic rings. The first-order valence-corrected chi connectivity index (χ1v) is 6.42. The van der Waals surface area contributed by atoms with Crippen LogP contribution in [0.4, 0.5) is 0 Å². The van der Waals surface area contributed by atoms with E-state index < -0.39 is 0 Å². The third-order valence-corrected chi connectivity index (χ3v) is 2.73. The van der Waals surface area contributed by atoms with Gasteiger partial charge in [0.2, 0.25) is 0 Å². The van der Waals surface area contributed by atoms with E-state index in [0.29, 0.717) is 6.61 Å². The van der Waals surface area contributed by atoms with Gasteiger partial charge in [0, 0.05) is 6.54 Å². The molecule has 0 amide bonds. The molecule has 0 fully saturated rings. The maximum Gasteiger partial charge on any atom is 0.161 e. The highest BCUT2D eigenvalue weighted by Crippen LogP contribution is 2.25. The fourth-order valence-corrected chi connectivity index (χ4v) is 1.57. The maximum absolute atomic E-state index is 9.37. The Morgan fingerprint density at radius 1 is 1.22 bits per heavy atom. The summed E-state index contributed by atoms with van der Waals surface area (Å²) >= 11 is 0. The van der Waals surface area contributed by atoms with Crippen molar-refractivity contribution in [3.63, 3.8) is 0 Å². The third-order valence-electron chi connectivity index (χ3n) is 2.73. The highest BCUT2D eigenvalue weighted by molar-refractivity contribution is 5.39. The molecule has 0 bridgehead atoms. The molecule has 4 heteroatoms. The molecule has 0 spiro atoms. The molecular weight excluding hydrogens is 230 g/mol. The molecule has 0 saturated heterocycles. The second-order valence-corrected chi connectivity index (χ2v) is 4.10. The van der Waals surface area contributed by atoms with E-state index in [1.807, 2.05) is 31.2 Å². The lowest BCUT2D eigenvalue weighted by Crippen LogP contribution is -2.24. The summed E-state index contributed by atoms with van der Waals surface area (Å²) in [6, 6.07) is 7.60. The number of aliphatic hydroxyl groups is 1. The zero-order valence-electron chi connectivity index (χ0n) is 11.2. The molecule has 0 saturated carbocycles. The quantitative estimate of drug-likeness (QED) is 0.659. The molecule has 0 heterocycles. The third kappa shape index (κ3) is 5.38. The molecule has 0 aromatic heterocycles. The van der Waals surface area contributed by atoms with Crippen LogP contribution in [0, 0.1) is 0 Å². The minimum absolute atomic E-state index is 0.201. The molecule has 4 nitrogen and oxygen atoms in total. The second-order valence-electron chi connectivity index (χ2n) is 4.10. The van der Waals surface area contributed by atoms with Crippen molar-refractivity contribution in [2.45, 2.75) is 25.9 Å². The lowest BCUT2D eigenvalue weighted by Gasteiger charge is -2.11. The highest BCUT2D eigenvalue weighted by atomic mass is 16.5. The van der Waals surface area contributed by atoms with Crippen LogP contribution in [0.2, 0.25) is 0 Å². The van der Waals surface area contributed by atoms with Crippen LogP contribution in [0.25, 0.3) is 0 Å². The molecule has 1 rings (SSSR count). The summed E-state index contributed by atoms with van der Waals surface area (Å²) in [7, 11) is 1.63. The second kappa shape index (κ2) is 8.78. The Morgan fingerprint density at radius 2 is 1.94 bits per heavy atom. The predicted octanol–water partition coefficient (Wildman–Crippen LogP) is 1.82. The zero-order chi connectivity index (χ0) is 13.2. The standard InChI is InChI=1S/C14H23NO3/c1-3-12(16)8-9-15-10-11-18-14-7-5-4-6-13(14)17-2/h4-7,12,15-16H,3,8-11H2,1-2H3. The molecule has 1 unspecified atom stereocenters. The number of methoxy groups -OCH3 is 1. The maximum atomic E-state index is 9.37. The molecule has 0 aliphatic heterocycles. The first-order valence-electron chi connectivity index (χ1n) is 6.42. The van der Waals surface area contributed by atoms with Gasteiger partial charge >= 0.3 is 0 Å². The van der Waals surface area contributed by atoms with Crippen molar-refractivity contribution in [3.05, 3.63) is 24.3 Å². The molecule has 102 valence electrons. The molecule has 1 atom stereocenters. The topological polar surface area (TPSA) is 50.7 Å². The number of para-hydroxylation sites is 2. The van der Waals surface area contributed by atoms with Gasteiger partial charge in [-0.05, 0) is 31.5 Å². The first kappa shape index (κ1) is 14.8. The SMILES string of the molecule is CCC(O)CCNCCOc1ccccc1OC. The van der Waals surface area contributed by atoms with Crippen molar-refractivity contribution in [3.8, 4) is 11.5 Å². The van der Waals surface area contributed by atoms with E-state index in [-0.39, 0.29) is 6.10 Å². The Bertz CT molecular complexity index is 331. The van der Waals surface area contributed by atoms with Crippen LogP contribution < -0.4 is 14.8 Å². The molecule has 0 radical (unpaired) electrons. The largest absolute Gasteiger partial charge is 0.493 e. The lowest BCUT2D eigenvalue weighted by molar-refractivity contribution is 0.159. The highest BCUT2D eigenvalue weighted by Gasteiger charge is 2.02. The van der Waals surface area contributed by atoms with Crippen molar-refractivity contribution < 1.29 is 14.6 Å². The first-order chi connectivity index (χ1) is 8.77. The molecule has 2 N–H and O–H groups in total. The van der Waals surface area contributed by atoms with Gasteiger partial charge in [0.05, 0.1) is 13.2 Å². The summed E-state index contributed by atoms with van der Waals surface area (Å²) in [4.78, 5) is 0. The summed E-state index contributed by atoms with van der Waals surface area (Å²) in [5.74, 6) is 1.51.